The van der Waals surface area contributed by atoms with E-state index in [1.807, 2.05) is 13.8 Å². The molecule has 0 aromatic heterocycles. The first kappa shape index (κ1) is 15.0. The van der Waals surface area contributed by atoms with Crippen LogP contribution in [0.2, 0.25) is 0 Å². The van der Waals surface area contributed by atoms with Gasteiger partial charge in [-0.05, 0) is 26.3 Å². The van der Waals surface area contributed by atoms with Crippen molar-refractivity contribution in [3.63, 3.8) is 0 Å². The first-order valence-corrected chi connectivity index (χ1v) is 6.37. The number of rotatable bonds is 2. The number of carbonyl (C=O) groups excluding carboxylic acids is 1. The van der Waals surface area contributed by atoms with Crippen LogP contribution in [0.4, 0.5) is 0 Å². The number of fused-ring (bicyclic) bond motifs is 1. The second-order valence-corrected chi connectivity index (χ2v) is 5.47. The maximum atomic E-state index is 11.9. The summed E-state index contributed by atoms with van der Waals surface area (Å²) in [6, 6.07) is -0.410. The van der Waals surface area contributed by atoms with Crippen LogP contribution in [0.5, 0.6) is 0 Å². The van der Waals surface area contributed by atoms with Gasteiger partial charge in [0.15, 0.2) is 6.04 Å². The van der Waals surface area contributed by atoms with E-state index >= 15 is 0 Å². The van der Waals surface area contributed by atoms with Gasteiger partial charge in [0.1, 0.15) is 11.1 Å². The summed E-state index contributed by atoms with van der Waals surface area (Å²) in [7, 11) is 0. The Kier molecular flexibility index (Phi) is 4.45. The van der Waals surface area contributed by atoms with E-state index in [1.54, 1.807) is 18.7 Å². The Bertz CT molecular complexity index is 457. The Morgan fingerprint density at radius 2 is 2.11 bits per heavy atom. The number of carboxylic acid groups (broad SMARTS) is 1. The predicted octanol–water partition coefficient (Wildman–Crippen LogP) is 1.53. The largest absolute Gasteiger partial charge is 0.477 e. The van der Waals surface area contributed by atoms with Gasteiger partial charge in [-0.3, -0.25) is 14.7 Å². The van der Waals surface area contributed by atoms with E-state index in [-0.39, 0.29) is 29.4 Å². The zero-order valence-corrected chi connectivity index (χ0v) is 12.0. The van der Waals surface area contributed by atoms with Crippen LogP contribution in [0.25, 0.3) is 0 Å². The minimum Gasteiger partial charge on any atom is -0.477 e. The van der Waals surface area contributed by atoms with Gasteiger partial charge in [0.05, 0.1) is 0 Å². The highest BCUT2D eigenvalue weighted by Crippen LogP contribution is 2.41. The van der Waals surface area contributed by atoms with Crippen molar-refractivity contribution < 1.29 is 14.7 Å². The average Bonchev–Trinajstić information content (AvgIpc) is 2.24. The van der Waals surface area contributed by atoms with Crippen molar-refractivity contribution in [2.24, 2.45) is 4.99 Å². The topological polar surface area (TPSA) is 70.0 Å². The number of thioether (sulfide) groups is 1. The van der Waals surface area contributed by atoms with Crippen molar-refractivity contribution in [3.05, 3.63) is 11.3 Å². The number of amides is 1. The fourth-order valence-corrected chi connectivity index (χ4v) is 3.29. The number of aliphatic carboxylic acids is 1. The van der Waals surface area contributed by atoms with Crippen LogP contribution in [0.3, 0.4) is 0 Å². The van der Waals surface area contributed by atoms with E-state index in [4.69, 9.17) is 5.11 Å². The van der Waals surface area contributed by atoms with Crippen LogP contribution < -0.4 is 0 Å². The quantitative estimate of drug-likeness (QED) is 0.618. The van der Waals surface area contributed by atoms with E-state index in [2.05, 4.69) is 4.99 Å². The molecular weight excluding hydrogens is 276 g/mol. The van der Waals surface area contributed by atoms with Crippen LogP contribution in [-0.4, -0.2) is 44.8 Å². The van der Waals surface area contributed by atoms with Gasteiger partial charge >= 0.3 is 5.97 Å². The number of carbonyl (C=O) groups is 2. The van der Waals surface area contributed by atoms with E-state index in [9.17, 15) is 9.59 Å². The molecule has 18 heavy (non-hydrogen) atoms. The van der Waals surface area contributed by atoms with Crippen molar-refractivity contribution >= 4 is 41.8 Å². The lowest BCUT2D eigenvalue weighted by molar-refractivity contribution is -0.147. The Morgan fingerprint density at radius 1 is 1.50 bits per heavy atom. The molecule has 0 bridgehead atoms. The number of nitrogens with zero attached hydrogens (tertiary/aromatic N) is 2. The lowest BCUT2D eigenvalue weighted by Crippen LogP contribution is -2.64. The van der Waals surface area contributed by atoms with Gasteiger partial charge in [-0.1, -0.05) is 0 Å². The molecule has 0 radical (unpaired) electrons. The molecule has 2 atom stereocenters. The van der Waals surface area contributed by atoms with E-state index in [1.165, 1.54) is 4.90 Å². The SMILES string of the molecule is CC(C)=NC1C(=O)N2C(C(=O)O)=C(C)CS[C@@H]12.Cl. The third kappa shape index (κ3) is 2.27. The maximum Gasteiger partial charge on any atom is 0.352 e. The van der Waals surface area contributed by atoms with Gasteiger partial charge in [0.2, 0.25) is 0 Å². The van der Waals surface area contributed by atoms with E-state index in [0.717, 1.165) is 11.3 Å². The molecule has 0 spiro atoms. The summed E-state index contributed by atoms with van der Waals surface area (Å²) in [5, 5.41) is 8.97. The van der Waals surface area contributed by atoms with Crippen molar-refractivity contribution in [2.75, 3.05) is 5.75 Å². The molecule has 5 nitrogen and oxygen atoms in total. The van der Waals surface area contributed by atoms with Crippen LogP contribution >= 0.6 is 24.2 Å². The third-order valence-corrected chi connectivity index (χ3v) is 4.14. The molecule has 1 saturated heterocycles. The minimum atomic E-state index is -1.03. The molecule has 0 aromatic carbocycles. The summed E-state index contributed by atoms with van der Waals surface area (Å²) >= 11 is 1.57. The molecule has 1 N–H and O–H groups in total. The van der Waals surface area contributed by atoms with Crippen molar-refractivity contribution in [1.29, 1.82) is 0 Å². The number of β-lactam (4-membered cyclic amide) rings is 1. The zero-order chi connectivity index (χ0) is 12.7. The minimum absolute atomic E-state index is 0. The molecule has 0 aliphatic carbocycles. The molecule has 1 unspecified atom stereocenters. The van der Waals surface area contributed by atoms with Crippen molar-refractivity contribution in [3.8, 4) is 0 Å². The first-order chi connectivity index (χ1) is 7.93. The second-order valence-electron chi connectivity index (χ2n) is 4.37. The molecule has 0 saturated carbocycles. The van der Waals surface area contributed by atoms with Gasteiger partial charge < -0.3 is 5.11 Å². The maximum absolute atomic E-state index is 11.9. The van der Waals surface area contributed by atoms with Gasteiger partial charge in [0, 0.05) is 11.5 Å². The highest BCUT2D eigenvalue weighted by Gasteiger charge is 2.53. The van der Waals surface area contributed by atoms with Crippen molar-refractivity contribution in [2.45, 2.75) is 32.2 Å². The predicted molar refractivity (Wildman–Crippen MR) is 73.2 cm³/mol. The van der Waals surface area contributed by atoms with Gasteiger partial charge in [-0.2, -0.15) is 0 Å². The number of hydrogen-bond donors (Lipinski definition) is 1. The average molecular weight is 291 g/mol. The van der Waals surface area contributed by atoms with Crippen LogP contribution in [0.15, 0.2) is 16.3 Å². The Labute approximate surface area is 116 Å². The smallest absolute Gasteiger partial charge is 0.352 e. The summed E-state index contributed by atoms with van der Waals surface area (Å²) < 4.78 is 0. The summed E-state index contributed by atoms with van der Waals surface area (Å²) in [5.74, 6) is -0.595. The fourth-order valence-electron chi connectivity index (χ4n) is 2.02. The zero-order valence-electron chi connectivity index (χ0n) is 10.3. The fraction of sp³-hybridized carbons (Fsp3) is 0.545. The van der Waals surface area contributed by atoms with E-state index < -0.39 is 12.0 Å². The lowest BCUT2D eigenvalue weighted by atomic mass is 10.0. The highest BCUT2D eigenvalue weighted by molar-refractivity contribution is 8.00. The molecule has 2 rings (SSSR count). The van der Waals surface area contributed by atoms with Crippen LogP contribution in [-0.2, 0) is 9.59 Å². The monoisotopic (exact) mass is 290 g/mol. The molecule has 1 amide bonds. The summed E-state index contributed by atoms with van der Waals surface area (Å²) in [6.45, 7) is 5.42. The first-order valence-electron chi connectivity index (χ1n) is 5.32. The lowest BCUT2D eigenvalue weighted by Gasteiger charge is -2.47. The van der Waals surface area contributed by atoms with E-state index in [0.29, 0.717) is 5.75 Å². The summed E-state index contributed by atoms with van der Waals surface area (Å²) in [4.78, 5) is 28.7. The normalized spacial score (nSPS) is 25.9. The number of aliphatic imine (C=N–C) groups is 1. The van der Waals surface area contributed by atoms with Gasteiger partial charge in [-0.15, -0.1) is 24.2 Å². The van der Waals surface area contributed by atoms with Crippen LogP contribution in [0.1, 0.15) is 20.8 Å². The Hall–Kier alpha value is -1.01. The molecule has 7 heteroatoms. The highest BCUT2D eigenvalue weighted by atomic mass is 35.5. The molecule has 2 heterocycles. The third-order valence-electron chi connectivity index (χ3n) is 2.73. The molecule has 1 fully saturated rings. The molecule has 2 aliphatic heterocycles. The molecule has 0 aromatic rings. The Morgan fingerprint density at radius 3 is 2.61 bits per heavy atom. The van der Waals surface area contributed by atoms with Crippen molar-refractivity contribution in [1.82, 2.24) is 4.90 Å². The molecule has 100 valence electrons. The Balaban J connectivity index is 0.00000162. The number of carboxylic acids is 1. The number of hydrogen-bond acceptors (Lipinski definition) is 4. The van der Waals surface area contributed by atoms with Crippen LogP contribution in [0, 0.1) is 0 Å². The summed E-state index contributed by atoms with van der Waals surface area (Å²) in [5.41, 5.74) is 1.72. The molecular formula is C11H15ClN2O3S. The van der Waals surface area contributed by atoms with Gasteiger partial charge in [0.25, 0.3) is 5.91 Å². The number of halogens is 1. The summed E-state index contributed by atoms with van der Waals surface area (Å²) in [6.07, 6.45) is 0. The standard InChI is InChI=1S/C11H14N2O3S.ClH/c1-5(2)12-7-9(14)13-8(11(15)16)6(3)4-17-10(7)13;/h7,10H,4H2,1-3H3,(H,15,16);1H/t7?,10-;/m0./s1. The molecule has 2 aliphatic rings. The second kappa shape index (κ2) is 5.32. The van der Waals surface area contributed by atoms with Gasteiger partial charge in [-0.25, -0.2) is 4.79 Å².